The van der Waals surface area contributed by atoms with E-state index in [1.54, 1.807) is 31.2 Å². The maximum atomic E-state index is 12.5. The van der Waals surface area contributed by atoms with Gasteiger partial charge in [0.2, 0.25) is 5.91 Å². The van der Waals surface area contributed by atoms with Gasteiger partial charge in [-0.2, -0.15) is 0 Å². The first kappa shape index (κ1) is 15.7. The van der Waals surface area contributed by atoms with E-state index in [1.165, 1.54) is 6.42 Å². The number of carbonyl (C=O) groups is 3. The second-order valence-corrected chi connectivity index (χ2v) is 6.58. The monoisotopic (exact) mass is 314 g/mol. The molecular formula is C18H22N2O3. The van der Waals surface area contributed by atoms with Crippen LogP contribution in [0.15, 0.2) is 24.3 Å². The molecule has 0 radical (unpaired) electrons. The zero-order valence-corrected chi connectivity index (χ0v) is 13.5. The lowest BCUT2D eigenvalue weighted by Gasteiger charge is -2.31. The number of amides is 3. The minimum Gasteiger partial charge on any atom is -0.351 e. The summed E-state index contributed by atoms with van der Waals surface area (Å²) in [5.74, 6) is -0.588. The lowest BCUT2D eigenvalue weighted by Crippen LogP contribution is -2.52. The highest BCUT2D eigenvalue weighted by atomic mass is 16.2. The third-order valence-corrected chi connectivity index (χ3v) is 5.03. The van der Waals surface area contributed by atoms with Gasteiger partial charge in [0.25, 0.3) is 11.8 Å². The molecule has 2 aliphatic rings. The summed E-state index contributed by atoms with van der Waals surface area (Å²) in [6, 6.07) is 6.04. The molecule has 1 aromatic rings. The number of imide groups is 1. The molecule has 3 atom stereocenters. The van der Waals surface area contributed by atoms with Crippen LogP contribution in [0.25, 0.3) is 0 Å². The van der Waals surface area contributed by atoms with Crippen LogP contribution in [0, 0.1) is 5.92 Å². The third kappa shape index (κ3) is 2.76. The molecule has 0 saturated heterocycles. The number of nitrogens with one attached hydrogen (secondary N) is 1. The van der Waals surface area contributed by atoms with E-state index in [2.05, 4.69) is 12.2 Å². The minimum absolute atomic E-state index is 0.133. The molecule has 5 nitrogen and oxygen atoms in total. The van der Waals surface area contributed by atoms with Crippen molar-refractivity contribution in [1.82, 2.24) is 10.2 Å². The summed E-state index contributed by atoms with van der Waals surface area (Å²) in [4.78, 5) is 38.5. The Morgan fingerprint density at radius 2 is 1.70 bits per heavy atom. The van der Waals surface area contributed by atoms with Crippen LogP contribution in [0.5, 0.6) is 0 Å². The Morgan fingerprint density at radius 3 is 2.26 bits per heavy atom. The lowest BCUT2D eigenvalue weighted by atomic mass is 9.86. The molecule has 5 heteroatoms. The molecule has 1 aliphatic carbocycles. The molecule has 23 heavy (non-hydrogen) atoms. The molecule has 122 valence electrons. The van der Waals surface area contributed by atoms with Crippen LogP contribution in [-0.4, -0.2) is 34.7 Å². The lowest BCUT2D eigenvalue weighted by molar-refractivity contribution is -0.125. The predicted octanol–water partition coefficient (Wildman–Crippen LogP) is 2.37. The first-order valence-corrected chi connectivity index (χ1v) is 8.28. The van der Waals surface area contributed by atoms with Crippen LogP contribution in [-0.2, 0) is 4.79 Å². The van der Waals surface area contributed by atoms with E-state index in [-0.39, 0.29) is 23.8 Å². The van der Waals surface area contributed by atoms with Crippen LogP contribution in [0.3, 0.4) is 0 Å². The number of hydrogen-bond donors (Lipinski definition) is 1. The van der Waals surface area contributed by atoms with Crippen molar-refractivity contribution in [2.45, 2.75) is 51.6 Å². The van der Waals surface area contributed by atoms with Gasteiger partial charge < -0.3 is 5.32 Å². The number of carbonyl (C=O) groups excluding carboxylic acids is 3. The first-order valence-electron chi connectivity index (χ1n) is 8.28. The predicted molar refractivity (Wildman–Crippen MR) is 86.0 cm³/mol. The summed E-state index contributed by atoms with van der Waals surface area (Å²) in [5, 5.41) is 3.03. The topological polar surface area (TPSA) is 66.5 Å². The maximum Gasteiger partial charge on any atom is 0.262 e. The standard InChI is InChI=1S/C18H22N2O3/c1-11-7-3-6-10-15(11)19-16(21)12(2)20-17(22)13-8-4-5-9-14(13)18(20)23/h4-5,8-9,11-12,15H,3,6-7,10H2,1-2H3,(H,19,21)/t11-,12-,15+/m1/s1. The van der Waals surface area contributed by atoms with Gasteiger partial charge in [-0.15, -0.1) is 0 Å². The zero-order valence-electron chi connectivity index (χ0n) is 13.5. The summed E-state index contributed by atoms with van der Waals surface area (Å²) in [6.45, 7) is 3.75. The highest BCUT2D eigenvalue weighted by molar-refractivity contribution is 6.22. The number of hydrogen-bond acceptors (Lipinski definition) is 3. The van der Waals surface area contributed by atoms with Crippen molar-refractivity contribution in [2.75, 3.05) is 0 Å². The van der Waals surface area contributed by atoms with Gasteiger partial charge in [-0.1, -0.05) is 31.9 Å². The Labute approximate surface area is 136 Å². The number of rotatable bonds is 3. The van der Waals surface area contributed by atoms with Crippen LogP contribution in [0.1, 0.15) is 60.2 Å². The van der Waals surface area contributed by atoms with Gasteiger partial charge in [-0.05, 0) is 37.8 Å². The number of nitrogens with zero attached hydrogens (tertiary/aromatic N) is 1. The van der Waals surface area contributed by atoms with Crippen LogP contribution >= 0.6 is 0 Å². The normalized spacial score (nSPS) is 25.2. The molecule has 1 fully saturated rings. The maximum absolute atomic E-state index is 12.5. The largest absolute Gasteiger partial charge is 0.351 e. The second kappa shape index (κ2) is 6.14. The smallest absolute Gasteiger partial charge is 0.262 e. The van der Waals surface area contributed by atoms with Crippen LogP contribution < -0.4 is 5.32 Å². The van der Waals surface area contributed by atoms with Crippen LogP contribution in [0.4, 0.5) is 0 Å². The summed E-state index contributed by atoms with van der Waals surface area (Å²) in [6.07, 6.45) is 4.37. The van der Waals surface area contributed by atoms with Gasteiger partial charge in [-0.3, -0.25) is 19.3 Å². The van der Waals surface area contributed by atoms with Crippen molar-refractivity contribution in [2.24, 2.45) is 5.92 Å². The van der Waals surface area contributed by atoms with E-state index in [1.807, 2.05) is 0 Å². The molecular weight excluding hydrogens is 292 g/mol. The molecule has 1 aromatic carbocycles. The van der Waals surface area contributed by atoms with Crippen molar-refractivity contribution in [3.05, 3.63) is 35.4 Å². The Balaban J connectivity index is 1.73. The molecule has 0 spiro atoms. The molecule has 1 N–H and O–H groups in total. The minimum atomic E-state index is -0.795. The van der Waals surface area contributed by atoms with Crippen molar-refractivity contribution in [3.63, 3.8) is 0 Å². The van der Waals surface area contributed by atoms with Gasteiger partial charge in [0.05, 0.1) is 11.1 Å². The van der Waals surface area contributed by atoms with Gasteiger partial charge in [0.1, 0.15) is 6.04 Å². The average molecular weight is 314 g/mol. The molecule has 3 rings (SSSR count). The van der Waals surface area contributed by atoms with E-state index in [0.29, 0.717) is 17.0 Å². The van der Waals surface area contributed by atoms with E-state index < -0.39 is 6.04 Å². The quantitative estimate of drug-likeness (QED) is 0.871. The van der Waals surface area contributed by atoms with Gasteiger partial charge >= 0.3 is 0 Å². The number of fused-ring (bicyclic) bond motifs is 1. The zero-order chi connectivity index (χ0) is 16.6. The van der Waals surface area contributed by atoms with Crippen molar-refractivity contribution >= 4 is 17.7 Å². The Bertz CT molecular complexity index is 620. The Kier molecular flexibility index (Phi) is 4.20. The summed E-state index contributed by atoms with van der Waals surface area (Å²) < 4.78 is 0. The average Bonchev–Trinajstić information content (AvgIpc) is 2.81. The fourth-order valence-corrected chi connectivity index (χ4v) is 3.51. The Hall–Kier alpha value is -2.17. The number of benzene rings is 1. The second-order valence-electron chi connectivity index (χ2n) is 6.58. The van der Waals surface area contributed by atoms with E-state index >= 15 is 0 Å². The molecule has 1 aliphatic heterocycles. The third-order valence-electron chi connectivity index (χ3n) is 5.03. The van der Waals surface area contributed by atoms with E-state index in [0.717, 1.165) is 24.2 Å². The summed E-state index contributed by atoms with van der Waals surface area (Å²) >= 11 is 0. The highest BCUT2D eigenvalue weighted by Gasteiger charge is 2.41. The summed E-state index contributed by atoms with van der Waals surface area (Å²) in [5.41, 5.74) is 0.756. The van der Waals surface area contributed by atoms with Crippen LogP contribution in [0.2, 0.25) is 0 Å². The SMILES string of the molecule is C[C@@H]1CCCC[C@@H]1NC(=O)[C@@H](C)N1C(=O)c2ccccc2C1=O. The molecule has 1 heterocycles. The fourth-order valence-electron chi connectivity index (χ4n) is 3.51. The summed E-state index contributed by atoms with van der Waals surface area (Å²) in [7, 11) is 0. The highest BCUT2D eigenvalue weighted by Crippen LogP contribution is 2.26. The van der Waals surface area contributed by atoms with Crippen molar-refractivity contribution in [1.29, 1.82) is 0 Å². The fraction of sp³-hybridized carbons (Fsp3) is 0.500. The van der Waals surface area contributed by atoms with Crippen molar-refractivity contribution in [3.8, 4) is 0 Å². The molecule has 1 saturated carbocycles. The van der Waals surface area contributed by atoms with Gasteiger partial charge in [-0.25, -0.2) is 0 Å². The molecule has 0 bridgehead atoms. The van der Waals surface area contributed by atoms with Gasteiger partial charge in [0.15, 0.2) is 0 Å². The Morgan fingerprint density at radius 1 is 1.13 bits per heavy atom. The molecule has 3 amide bonds. The molecule has 0 unspecified atom stereocenters. The van der Waals surface area contributed by atoms with Gasteiger partial charge in [0, 0.05) is 6.04 Å². The van der Waals surface area contributed by atoms with E-state index in [9.17, 15) is 14.4 Å². The van der Waals surface area contributed by atoms with E-state index in [4.69, 9.17) is 0 Å². The molecule has 0 aromatic heterocycles. The van der Waals surface area contributed by atoms with Crippen molar-refractivity contribution < 1.29 is 14.4 Å². The first-order chi connectivity index (χ1) is 11.0.